The summed E-state index contributed by atoms with van der Waals surface area (Å²) in [5, 5.41) is 18.2. The van der Waals surface area contributed by atoms with Crippen molar-refractivity contribution in [1.29, 1.82) is 0 Å². The summed E-state index contributed by atoms with van der Waals surface area (Å²) in [4.78, 5) is 0. The van der Waals surface area contributed by atoms with Crippen LogP contribution in [-0.2, 0) is 4.65 Å². The SMILES string of the molecule is COB([O-])[O-].[K+].[K+]. The Labute approximate surface area is 128 Å². The molecule has 0 rings (SSSR count). The average Bonchev–Trinajstić information content (AvgIpc) is 1.38. The maximum Gasteiger partial charge on any atom is 1.00 e. The first-order valence-corrected chi connectivity index (χ1v) is 1.12. The van der Waals surface area contributed by atoms with Crippen molar-refractivity contribution in [2.24, 2.45) is 0 Å². The van der Waals surface area contributed by atoms with Gasteiger partial charge in [-0.2, -0.15) is 0 Å². The second-order valence-electron chi connectivity index (χ2n) is 0.524. The van der Waals surface area contributed by atoms with Crippen LogP contribution in [-0.4, -0.2) is 14.4 Å². The predicted molar refractivity (Wildman–Crippen MR) is 12.8 cm³/mol. The molecular formula is CH3BK2O3. The maximum absolute atomic E-state index is 9.12. The van der Waals surface area contributed by atoms with Gasteiger partial charge in [0.05, 0.1) is 7.32 Å². The first-order valence-electron chi connectivity index (χ1n) is 1.12. The Morgan fingerprint density at radius 1 is 1.29 bits per heavy atom. The van der Waals surface area contributed by atoms with Gasteiger partial charge in [0.15, 0.2) is 0 Å². The van der Waals surface area contributed by atoms with Crippen molar-refractivity contribution in [2.45, 2.75) is 0 Å². The van der Waals surface area contributed by atoms with Gasteiger partial charge in [-0.1, -0.05) is 0 Å². The van der Waals surface area contributed by atoms with Crippen LogP contribution in [0.3, 0.4) is 0 Å². The van der Waals surface area contributed by atoms with Crippen molar-refractivity contribution < 1.29 is 117 Å². The summed E-state index contributed by atoms with van der Waals surface area (Å²) in [6, 6.07) is 0. The molecule has 0 amide bonds. The van der Waals surface area contributed by atoms with E-state index in [9.17, 15) is 0 Å². The fraction of sp³-hybridized carbons (Fsp3) is 1.00. The van der Waals surface area contributed by atoms with Gasteiger partial charge < -0.3 is 14.7 Å². The third-order valence-corrected chi connectivity index (χ3v) is 0.192. The maximum atomic E-state index is 9.12. The van der Waals surface area contributed by atoms with Gasteiger partial charge >= 0.3 is 103 Å². The minimum absolute atomic E-state index is 0. The van der Waals surface area contributed by atoms with Gasteiger partial charge in [-0.3, -0.25) is 0 Å². The largest absolute Gasteiger partial charge is 1.00 e. The standard InChI is InChI=1S/CH3BO3.2K/c1-5-2(3)4;;/h1H3;;/q-2;2*+1. The van der Waals surface area contributed by atoms with Crippen LogP contribution >= 0.6 is 0 Å². The normalized spacial score (nSPS) is 5.57. The molecule has 0 aromatic heterocycles. The van der Waals surface area contributed by atoms with Crippen molar-refractivity contribution in [1.82, 2.24) is 0 Å². The van der Waals surface area contributed by atoms with E-state index < -0.39 is 7.32 Å². The summed E-state index contributed by atoms with van der Waals surface area (Å²) >= 11 is 0. The molecule has 0 saturated heterocycles. The van der Waals surface area contributed by atoms with Crippen LogP contribution < -0.4 is 113 Å². The predicted octanol–water partition coefficient (Wildman–Crippen LogP) is -8.65. The molecule has 0 aromatic rings. The molecule has 0 heterocycles. The van der Waals surface area contributed by atoms with E-state index >= 15 is 0 Å². The van der Waals surface area contributed by atoms with Crippen molar-refractivity contribution in [3.05, 3.63) is 0 Å². The molecule has 3 nitrogen and oxygen atoms in total. The van der Waals surface area contributed by atoms with E-state index in [4.69, 9.17) is 10.0 Å². The quantitative estimate of drug-likeness (QED) is 0.350. The fourth-order valence-electron chi connectivity index (χ4n) is 0. The Hall–Kier alpha value is 3.22. The second-order valence-corrected chi connectivity index (χ2v) is 0.524. The smallest absolute Gasteiger partial charge is 0.871 e. The molecule has 30 valence electrons. The monoisotopic (exact) mass is 152 g/mol. The molecule has 0 N–H and O–H groups in total. The van der Waals surface area contributed by atoms with Gasteiger partial charge in [0.2, 0.25) is 0 Å². The van der Waals surface area contributed by atoms with Gasteiger partial charge in [0.1, 0.15) is 0 Å². The first-order chi connectivity index (χ1) is 2.27. The van der Waals surface area contributed by atoms with Crippen molar-refractivity contribution >= 4 is 7.32 Å². The van der Waals surface area contributed by atoms with E-state index in [1.807, 2.05) is 0 Å². The third-order valence-electron chi connectivity index (χ3n) is 0.192. The topological polar surface area (TPSA) is 55.3 Å². The summed E-state index contributed by atoms with van der Waals surface area (Å²) in [5.74, 6) is 0. The Morgan fingerprint density at radius 2 is 1.43 bits per heavy atom. The van der Waals surface area contributed by atoms with Gasteiger partial charge in [-0.15, -0.1) is 0 Å². The van der Waals surface area contributed by atoms with E-state index in [0.29, 0.717) is 0 Å². The molecule has 0 bridgehead atoms. The van der Waals surface area contributed by atoms with Crippen molar-refractivity contribution in [3.63, 3.8) is 0 Å². The molecule has 0 aliphatic carbocycles. The van der Waals surface area contributed by atoms with E-state index in [2.05, 4.69) is 4.65 Å². The molecule has 0 spiro atoms. The van der Waals surface area contributed by atoms with E-state index in [0.717, 1.165) is 7.11 Å². The average molecular weight is 152 g/mol. The van der Waals surface area contributed by atoms with E-state index in [1.165, 1.54) is 0 Å². The van der Waals surface area contributed by atoms with Crippen LogP contribution in [0.5, 0.6) is 0 Å². The zero-order valence-electron chi connectivity index (χ0n) is 4.80. The Kier molecular flexibility index (Phi) is 28.4. The minimum Gasteiger partial charge on any atom is -0.871 e. The zero-order chi connectivity index (χ0) is 4.28. The molecule has 0 fully saturated rings. The Bertz CT molecular complexity index is 26.9. The second kappa shape index (κ2) is 11.9. The number of rotatable bonds is 1. The molecule has 0 aliphatic rings. The summed E-state index contributed by atoms with van der Waals surface area (Å²) < 4.78 is 3.64. The number of hydrogen-bond donors (Lipinski definition) is 0. The molecular weight excluding hydrogens is 149 g/mol. The van der Waals surface area contributed by atoms with Gasteiger partial charge in [-0.05, 0) is 0 Å². The molecule has 7 heavy (non-hydrogen) atoms. The molecule has 0 aliphatic heterocycles. The Balaban J connectivity index is -0.0000000800. The molecule has 0 unspecified atom stereocenters. The minimum atomic E-state index is -2.12. The molecule has 0 aromatic carbocycles. The van der Waals surface area contributed by atoms with Gasteiger partial charge in [-0.25, -0.2) is 0 Å². The van der Waals surface area contributed by atoms with E-state index in [-0.39, 0.29) is 103 Å². The molecule has 0 atom stereocenters. The van der Waals surface area contributed by atoms with Crippen LogP contribution in [0.15, 0.2) is 0 Å². The van der Waals surface area contributed by atoms with Gasteiger partial charge in [0.25, 0.3) is 0 Å². The van der Waals surface area contributed by atoms with E-state index in [1.54, 1.807) is 0 Å². The first kappa shape index (κ1) is 16.7. The molecule has 0 radical (unpaired) electrons. The summed E-state index contributed by atoms with van der Waals surface area (Å²) in [6.45, 7) is 0. The fourth-order valence-corrected chi connectivity index (χ4v) is 0. The Morgan fingerprint density at radius 3 is 1.43 bits per heavy atom. The van der Waals surface area contributed by atoms with Crippen LogP contribution in [0.4, 0.5) is 0 Å². The number of hydrogen-bond acceptors (Lipinski definition) is 3. The van der Waals surface area contributed by atoms with Crippen molar-refractivity contribution in [3.8, 4) is 0 Å². The molecule has 0 saturated carbocycles. The summed E-state index contributed by atoms with van der Waals surface area (Å²) in [7, 11) is -1.04. The molecule has 6 heteroatoms. The summed E-state index contributed by atoms with van der Waals surface area (Å²) in [5.41, 5.74) is 0. The van der Waals surface area contributed by atoms with Gasteiger partial charge in [0, 0.05) is 7.11 Å². The van der Waals surface area contributed by atoms with Crippen LogP contribution in [0.1, 0.15) is 0 Å². The summed E-state index contributed by atoms with van der Waals surface area (Å²) in [6.07, 6.45) is 0. The van der Waals surface area contributed by atoms with Crippen LogP contribution in [0.2, 0.25) is 0 Å². The zero-order valence-corrected chi connectivity index (χ0v) is 11.0. The third kappa shape index (κ3) is 17.6. The van der Waals surface area contributed by atoms with Crippen molar-refractivity contribution in [2.75, 3.05) is 7.11 Å². The van der Waals surface area contributed by atoms with Crippen LogP contribution in [0.25, 0.3) is 0 Å². The van der Waals surface area contributed by atoms with Crippen LogP contribution in [0, 0.1) is 0 Å².